The predicted molar refractivity (Wildman–Crippen MR) is 116 cm³/mol. The summed E-state index contributed by atoms with van der Waals surface area (Å²) in [6, 6.07) is 7.75. The molecule has 2 fully saturated rings. The molecule has 1 aliphatic heterocycles. The zero-order valence-electron chi connectivity index (χ0n) is 18.5. The zero-order chi connectivity index (χ0) is 22.4. The third-order valence-corrected chi connectivity index (χ3v) is 6.58. The number of aliphatic carboxylic acids is 1. The van der Waals surface area contributed by atoms with E-state index in [-0.39, 0.29) is 30.4 Å². The summed E-state index contributed by atoms with van der Waals surface area (Å²) in [6.45, 7) is 3.74. The van der Waals surface area contributed by atoms with Crippen molar-refractivity contribution in [3.63, 3.8) is 0 Å². The lowest BCUT2D eigenvalue weighted by molar-refractivity contribution is -0.152. The Morgan fingerprint density at radius 2 is 1.90 bits per heavy atom. The maximum absolute atomic E-state index is 13.4. The van der Waals surface area contributed by atoms with Crippen molar-refractivity contribution in [3.8, 4) is 0 Å². The maximum atomic E-state index is 13.4. The SMILES string of the molecule is CCOC(=O)[C@@H](CCc1ccccc1)N[C@H](C)C(=O)N1C2CCCCC2C[C@H]1C(=O)O. The highest BCUT2D eigenvalue weighted by Gasteiger charge is 2.48. The molecule has 7 nitrogen and oxygen atoms in total. The van der Waals surface area contributed by atoms with E-state index in [1.807, 2.05) is 30.3 Å². The summed E-state index contributed by atoms with van der Waals surface area (Å²) < 4.78 is 5.22. The van der Waals surface area contributed by atoms with Crippen molar-refractivity contribution in [1.29, 1.82) is 0 Å². The molecule has 2 aliphatic rings. The number of carbonyl (C=O) groups excluding carboxylic acids is 2. The van der Waals surface area contributed by atoms with Gasteiger partial charge in [-0.2, -0.15) is 0 Å². The highest BCUT2D eigenvalue weighted by Crippen LogP contribution is 2.40. The molecule has 1 saturated heterocycles. The molecule has 0 aromatic heterocycles. The molecular formula is C24H34N2O5. The summed E-state index contributed by atoms with van der Waals surface area (Å²) >= 11 is 0. The van der Waals surface area contributed by atoms with E-state index in [1.165, 1.54) is 0 Å². The first-order valence-electron chi connectivity index (χ1n) is 11.4. The molecule has 1 heterocycles. The number of nitrogens with one attached hydrogen (secondary N) is 1. The summed E-state index contributed by atoms with van der Waals surface area (Å²) in [4.78, 5) is 39.3. The Kier molecular flexibility index (Phi) is 8.07. The molecule has 1 aromatic carbocycles. The number of hydrogen-bond acceptors (Lipinski definition) is 5. The molecule has 7 heteroatoms. The summed E-state index contributed by atoms with van der Waals surface area (Å²) in [5, 5.41) is 12.9. The number of carboxylic acid groups (broad SMARTS) is 1. The molecule has 2 unspecified atom stereocenters. The third kappa shape index (κ3) is 5.64. The number of benzene rings is 1. The number of aryl methyl sites for hydroxylation is 1. The molecule has 170 valence electrons. The first kappa shape index (κ1) is 23.3. The normalized spacial score (nSPS) is 24.8. The van der Waals surface area contributed by atoms with Gasteiger partial charge in [0.1, 0.15) is 12.1 Å². The van der Waals surface area contributed by atoms with Crippen LogP contribution in [-0.4, -0.2) is 58.6 Å². The molecule has 3 rings (SSSR count). The average molecular weight is 431 g/mol. The van der Waals surface area contributed by atoms with Gasteiger partial charge < -0.3 is 14.7 Å². The lowest BCUT2D eigenvalue weighted by Gasteiger charge is -2.35. The molecule has 5 atom stereocenters. The fourth-order valence-corrected chi connectivity index (χ4v) is 5.06. The van der Waals surface area contributed by atoms with Crippen molar-refractivity contribution in [2.24, 2.45) is 5.92 Å². The van der Waals surface area contributed by atoms with E-state index >= 15 is 0 Å². The van der Waals surface area contributed by atoms with Crippen LogP contribution in [0.3, 0.4) is 0 Å². The number of fused-ring (bicyclic) bond motifs is 1. The fourth-order valence-electron chi connectivity index (χ4n) is 5.06. The van der Waals surface area contributed by atoms with Gasteiger partial charge >= 0.3 is 11.9 Å². The van der Waals surface area contributed by atoms with Gasteiger partial charge in [0, 0.05) is 6.04 Å². The van der Waals surface area contributed by atoms with Crippen LogP contribution in [0.1, 0.15) is 57.9 Å². The summed E-state index contributed by atoms with van der Waals surface area (Å²) in [7, 11) is 0. The third-order valence-electron chi connectivity index (χ3n) is 6.58. The smallest absolute Gasteiger partial charge is 0.326 e. The van der Waals surface area contributed by atoms with Crippen LogP contribution in [0.2, 0.25) is 0 Å². The fraction of sp³-hybridized carbons (Fsp3) is 0.625. The Balaban J connectivity index is 1.70. The number of ether oxygens (including phenoxy) is 1. The molecule has 1 aliphatic carbocycles. The van der Waals surface area contributed by atoms with Crippen molar-refractivity contribution in [3.05, 3.63) is 35.9 Å². The number of carboxylic acids is 1. The Morgan fingerprint density at radius 1 is 1.19 bits per heavy atom. The van der Waals surface area contributed by atoms with Crippen molar-refractivity contribution < 1.29 is 24.2 Å². The standard InChI is InChI=1S/C24H34N2O5/c1-3-31-24(30)19(14-13-17-9-5-4-6-10-17)25-16(2)22(27)26-20-12-8-7-11-18(20)15-21(26)23(28)29/h4-6,9-10,16,18-21,25H,3,7-8,11-15H2,1-2H3,(H,28,29)/t16-,18?,19-,20?,21+/m1/s1. The lowest BCUT2D eigenvalue weighted by Crippen LogP contribution is -2.55. The lowest BCUT2D eigenvalue weighted by atomic mass is 9.84. The van der Waals surface area contributed by atoms with Gasteiger partial charge in [0.05, 0.1) is 12.6 Å². The van der Waals surface area contributed by atoms with E-state index in [0.29, 0.717) is 19.3 Å². The number of nitrogens with zero attached hydrogens (tertiary/aromatic N) is 1. The summed E-state index contributed by atoms with van der Waals surface area (Å²) in [5.41, 5.74) is 1.10. The molecule has 2 N–H and O–H groups in total. The first-order chi connectivity index (χ1) is 14.9. The molecule has 31 heavy (non-hydrogen) atoms. The number of rotatable bonds is 9. The highest BCUT2D eigenvalue weighted by atomic mass is 16.5. The van der Waals surface area contributed by atoms with E-state index in [9.17, 15) is 19.5 Å². The molecule has 0 spiro atoms. The van der Waals surface area contributed by atoms with E-state index in [1.54, 1.807) is 18.7 Å². The molecular weight excluding hydrogens is 396 g/mol. The summed E-state index contributed by atoms with van der Waals surface area (Å²) in [5.74, 6) is -1.31. The van der Waals surface area contributed by atoms with Crippen molar-refractivity contribution in [2.75, 3.05) is 6.61 Å². The van der Waals surface area contributed by atoms with Crippen molar-refractivity contribution in [1.82, 2.24) is 10.2 Å². The molecule has 1 saturated carbocycles. The Hall–Kier alpha value is -2.41. The van der Waals surface area contributed by atoms with E-state index in [2.05, 4.69) is 5.32 Å². The van der Waals surface area contributed by atoms with Crippen LogP contribution in [0.4, 0.5) is 0 Å². The van der Waals surface area contributed by atoms with Gasteiger partial charge in [-0.15, -0.1) is 0 Å². The van der Waals surface area contributed by atoms with Gasteiger partial charge in [0.25, 0.3) is 0 Å². The van der Waals surface area contributed by atoms with E-state index in [0.717, 1.165) is 31.2 Å². The van der Waals surface area contributed by atoms with Gasteiger partial charge in [-0.3, -0.25) is 14.9 Å². The Bertz CT molecular complexity index is 768. The largest absolute Gasteiger partial charge is 0.480 e. The van der Waals surface area contributed by atoms with Crippen LogP contribution >= 0.6 is 0 Å². The number of carbonyl (C=O) groups is 3. The number of hydrogen-bond donors (Lipinski definition) is 2. The van der Waals surface area contributed by atoms with Crippen LogP contribution in [-0.2, 0) is 25.5 Å². The summed E-state index contributed by atoms with van der Waals surface area (Å²) in [6.07, 6.45) is 5.62. The van der Waals surface area contributed by atoms with Crippen molar-refractivity contribution >= 4 is 17.8 Å². The van der Waals surface area contributed by atoms with E-state index < -0.39 is 24.1 Å². The molecule has 1 amide bonds. The van der Waals surface area contributed by atoms with E-state index in [4.69, 9.17) is 4.74 Å². The second-order valence-corrected chi connectivity index (χ2v) is 8.66. The van der Waals surface area contributed by atoms with Crippen LogP contribution in [0.15, 0.2) is 30.3 Å². The number of amides is 1. The van der Waals surface area contributed by atoms with Gasteiger partial charge in [0.15, 0.2) is 0 Å². The minimum absolute atomic E-state index is 0.0167. The maximum Gasteiger partial charge on any atom is 0.326 e. The first-order valence-corrected chi connectivity index (χ1v) is 11.4. The zero-order valence-corrected chi connectivity index (χ0v) is 18.5. The van der Waals surface area contributed by atoms with Crippen LogP contribution < -0.4 is 5.32 Å². The number of likely N-dealkylation sites (tertiary alicyclic amines) is 1. The van der Waals surface area contributed by atoms with Crippen LogP contribution in [0.25, 0.3) is 0 Å². The minimum atomic E-state index is -0.944. The predicted octanol–water partition coefficient (Wildman–Crippen LogP) is 2.77. The van der Waals surface area contributed by atoms with Crippen molar-refractivity contribution in [2.45, 2.75) is 83.0 Å². The topological polar surface area (TPSA) is 95.9 Å². The number of esters is 1. The van der Waals surface area contributed by atoms with Gasteiger partial charge in [0.2, 0.25) is 5.91 Å². The Morgan fingerprint density at radius 3 is 2.58 bits per heavy atom. The van der Waals surface area contributed by atoms with Gasteiger partial charge in [-0.05, 0) is 57.4 Å². The van der Waals surface area contributed by atoms with Crippen LogP contribution in [0.5, 0.6) is 0 Å². The minimum Gasteiger partial charge on any atom is -0.480 e. The second kappa shape index (κ2) is 10.8. The quantitative estimate of drug-likeness (QED) is 0.585. The molecule has 0 bridgehead atoms. The Labute approximate surface area is 184 Å². The van der Waals surface area contributed by atoms with Crippen LogP contribution in [0, 0.1) is 5.92 Å². The average Bonchev–Trinajstić information content (AvgIpc) is 3.16. The molecule has 0 radical (unpaired) electrons. The monoisotopic (exact) mass is 430 g/mol. The second-order valence-electron chi connectivity index (χ2n) is 8.66. The van der Waals surface area contributed by atoms with Gasteiger partial charge in [-0.1, -0.05) is 43.2 Å². The molecule has 1 aromatic rings. The highest BCUT2D eigenvalue weighted by molar-refractivity contribution is 5.88. The van der Waals surface area contributed by atoms with Gasteiger partial charge in [-0.25, -0.2) is 4.79 Å².